The smallest absolute Gasteiger partial charge is 0.243 e. The first kappa shape index (κ1) is 21.6. The normalized spacial score (nSPS) is 16.7. The molecule has 1 aliphatic heterocycles. The molecular formula is C24H32N2O2S. The number of fused-ring (bicyclic) bond motifs is 1. The molecule has 0 saturated carbocycles. The van der Waals surface area contributed by atoms with Gasteiger partial charge in [0.15, 0.2) is 0 Å². The van der Waals surface area contributed by atoms with Gasteiger partial charge in [-0.1, -0.05) is 45.0 Å². The summed E-state index contributed by atoms with van der Waals surface area (Å²) >= 11 is 1.77. The summed E-state index contributed by atoms with van der Waals surface area (Å²) in [5.74, 6) is 0.0305. The van der Waals surface area contributed by atoms with Crippen LogP contribution in [0.3, 0.4) is 0 Å². The van der Waals surface area contributed by atoms with Crippen molar-refractivity contribution in [2.45, 2.75) is 60.0 Å². The number of carbonyl (C=O) groups is 2. The van der Waals surface area contributed by atoms with E-state index in [2.05, 4.69) is 30.5 Å². The summed E-state index contributed by atoms with van der Waals surface area (Å²) in [7, 11) is 0. The molecule has 0 fully saturated rings. The lowest BCUT2D eigenvalue weighted by Gasteiger charge is -2.39. The van der Waals surface area contributed by atoms with Crippen LogP contribution < -0.4 is 0 Å². The van der Waals surface area contributed by atoms with Gasteiger partial charge in [0.1, 0.15) is 6.54 Å². The van der Waals surface area contributed by atoms with Gasteiger partial charge in [0.2, 0.25) is 11.8 Å². The molecule has 156 valence electrons. The number of hydrogen-bond acceptors (Lipinski definition) is 3. The SMILES string of the molecule is Cc1ccccc1C1c2ccsc2CCN1C(=O)CN(C(=O)C(C)(C)C)C(C)C. The number of nitrogens with zero attached hydrogens (tertiary/aromatic N) is 2. The molecule has 0 radical (unpaired) electrons. The van der Waals surface area contributed by atoms with E-state index in [1.807, 2.05) is 51.7 Å². The lowest BCUT2D eigenvalue weighted by molar-refractivity contribution is -0.148. The average molecular weight is 413 g/mol. The molecule has 1 aliphatic rings. The summed E-state index contributed by atoms with van der Waals surface area (Å²) in [4.78, 5) is 31.5. The Kier molecular flexibility index (Phi) is 6.18. The van der Waals surface area contributed by atoms with Gasteiger partial charge >= 0.3 is 0 Å². The number of rotatable bonds is 4. The monoisotopic (exact) mass is 412 g/mol. The zero-order valence-electron chi connectivity index (χ0n) is 18.4. The highest BCUT2D eigenvalue weighted by Crippen LogP contribution is 2.39. The fourth-order valence-corrected chi connectivity index (χ4v) is 4.87. The molecule has 2 heterocycles. The van der Waals surface area contributed by atoms with E-state index in [0.717, 1.165) is 6.42 Å². The number of aryl methyl sites for hydroxylation is 1. The molecule has 2 aromatic rings. The van der Waals surface area contributed by atoms with Crippen molar-refractivity contribution in [1.29, 1.82) is 0 Å². The van der Waals surface area contributed by atoms with Crippen LogP contribution in [-0.4, -0.2) is 40.7 Å². The summed E-state index contributed by atoms with van der Waals surface area (Å²) in [6.07, 6.45) is 0.871. The first-order valence-electron chi connectivity index (χ1n) is 10.3. The molecule has 0 bridgehead atoms. The number of hydrogen-bond donors (Lipinski definition) is 0. The highest BCUT2D eigenvalue weighted by atomic mass is 32.1. The molecule has 29 heavy (non-hydrogen) atoms. The van der Waals surface area contributed by atoms with Gasteiger partial charge in [0.05, 0.1) is 6.04 Å². The van der Waals surface area contributed by atoms with Gasteiger partial charge in [-0.15, -0.1) is 11.3 Å². The third-order valence-corrected chi connectivity index (χ3v) is 6.60. The van der Waals surface area contributed by atoms with Crippen molar-refractivity contribution in [3.05, 3.63) is 57.3 Å². The Morgan fingerprint density at radius 3 is 2.48 bits per heavy atom. The minimum atomic E-state index is -0.512. The molecule has 4 nitrogen and oxygen atoms in total. The second kappa shape index (κ2) is 8.31. The first-order chi connectivity index (χ1) is 13.6. The Bertz CT molecular complexity index is 894. The molecule has 0 spiro atoms. The van der Waals surface area contributed by atoms with Crippen molar-refractivity contribution in [3.8, 4) is 0 Å². The Morgan fingerprint density at radius 2 is 1.86 bits per heavy atom. The summed E-state index contributed by atoms with van der Waals surface area (Å²) in [6, 6.07) is 10.3. The van der Waals surface area contributed by atoms with Crippen LogP contribution in [0.15, 0.2) is 35.7 Å². The van der Waals surface area contributed by atoms with Crippen LogP contribution in [0.2, 0.25) is 0 Å². The second-order valence-electron chi connectivity index (χ2n) is 9.17. The van der Waals surface area contributed by atoms with Crippen LogP contribution in [0.4, 0.5) is 0 Å². The van der Waals surface area contributed by atoms with Gasteiger partial charge in [-0.3, -0.25) is 9.59 Å². The number of amides is 2. The highest BCUT2D eigenvalue weighted by molar-refractivity contribution is 7.10. The van der Waals surface area contributed by atoms with Crippen LogP contribution in [0.1, 0.15) is 62.2 Å². The molecule has 0 saturated heterocycles. The van der Waals surface area contributed by atoms with Gasteiger partial charge in [0.25, 0.3) is 0 Å². The van der Waals surface area contributed by atoms with Crippen LogP contribution >= 0.6 is 11.3 Å². The highest BCUT2D eigenvalue weighted by Gasteiger charge is 2.36. The molecule has 0 aliphatic carbocycles. The van der Waals surface area contributed by atoms with E-state index in [4.69, 9.17) is 0 Å². The molecule has 1 atom stereocenters. The van der Waals surface area contributed by atoms with Gasteiger partial charge in [-0.05, 0) is 55.3 Å². The van der Waals surface area contributed by atoms with E-state index < -0.39 is 5.41 Å². The number of thiophene rings is 1. The topological polar surface area (TPSA) is 40.6 Å². The maximum absolute atomic E-state index is 13.5. The summed E-state index contributed by atoms with van der Waals surface area (Å²) in [5, 5.41) is 2.12. The molecule has 1 unspecified atom stereocenters. The van der Waals surface area contributed by atoms with Crippen molar-refractivity contribution in [2.24, 2.45) is 5.41 Å². The molecule has 0 N–H and O–H groups in total. The van der Waals surface area contributed by atoms with E-state index in [-0.39, 0.29) is 30.4 Å². The Morgan fingerprint density at radius 1 is 1.17 bits per heavy atom. The molecule has 1 aromatic heterocycles. The minimum Gasteiger partial charge on any atom is -0.331 e. The lowest BCUT2D eigenvalue weighted by atomic mass is 9.90. The van der Waals surface area contributed by atoms with Crippen molar-refractivity contribution < 1.29 is 9.59 Å². The van der Waals surface area contributed by atoms with E-state index in [1.54, 1.807) is 16.2 Å². The van der Waals surface area contributed by atoms with Gasteiger partial charge in [-0.25, -0.2) is 0 Å². The lowest BCUT2D eigenvalue weighted by Crippen LogP contribution is -2.51. The van der Waals surface area contributed by atoms with Crippen molar-refractivity contribution in [3.63, 3.8) is 0 Å². The second-order valence-corrected chi connectivity index (χ2v) is 10.2. The van der Waals surface area contributed by atoms with Crippen LogP contribution in [0.5, 0.6) is 0 Å². The standard InChI is InChI=1S/C24H32N2O2S/c1-16(2)26(23(28)24(4,5)6)15-21(27)25-13-11-20-19(12-14-29-20)22(25)18-10-8-7-9-17(18)3/h7-10,12,14,16,22H,11,13,15H2,1-6H3. The van der Waals surface area contributed by atoms with Gasteiger partial charge in [0, 0.05) is 22.9 Å². The van der Waals surface area contributed by atoms with E-state index in [1.165, 1.54) is 21.6 Å². The predicted octanol–water partition coefficient (Wildman–Crippen LogP) is 4.81. The third-order valence-electron chi connectivity index (χ3n) is 5.60. The van der Waals surface area contributed by atoms with E-state index >= 15 is 0 Å². The fraction of sp³-hybridized carbons (Fsp3) is 0.500. The molecule has 5 heteroatoms. The zero-order valence-corrected chi connectivity index (χ0v) is 19.2. The molecule has 3 rings (SSSR count). The maximum Gasteiger partial charge on any atom is 0.243 e. The summed E-state index contributed by atoms with van der Waals surface area (Å²) in [5.41, 5.74) is 3.06. The quantitative estimate of drug-likeness (QED) is 0.723. The Balaban J connectivity index is 1.94. The fourth-order valence-electron chi connectivity index (χ4n) is 3.97. The van der Waals surface area contributed by atoms with Crippen LogP contribution in [0.25, 0.3) is 0 Å². The molecular weight excluding hydrogens is 380 g/mol. The van der Waals surface area contributed by atoms with Crippen molar-refractivity contribution in [2.75, 3.05) is 13.1 Å². The number of benzene rings is 1. The van der Waals surface area contributed by atoms with Crippen LogP contribution in [-0.2, 0) is 16.0 Å². The van der Waals surface area contributed by atoms with E-state index in [0.29, 0.717) is 6.54 Å². The number of carbonyl (C=O) groups excluding carboxylic acids is 2. The zero-order chi connectivity index (χ0) is 21.3. The first-order valence-corrected chi connectivity index (χ1v) is 11.2. The summed E-state index contributed by atoms with van der Waals surface area (Å²) < 4.78 is 0. The maximum atomic E-state index is 13.5. The van der Waals surface area contributed by atoms with Crippen molar-refractivity contribution >= 4 is 23.2 Å². The van der Waals surface area contributed by atoms with E-state index in [9.17, 15) is 9.59 Å². The Labute approximate surface area is 178 Å². The third kappa shape index (κ3) is 4.40. The largest absolute Gasteiger partial charge is 0.331 e. The average Bonchev–Trinajstić information content (AvgIpc) is 3.13. The molecule has 1 aromatic carbocycles. The Hall–Kier alpha value is -2.14. The van der Waals surface area contributed by atoms with Crippen LogP contribution in [0, 0.1) is 12.3 Å². The minimum absolute atomic E-state index is 0.0152. The van der Waals surface area contributed by atoms with Gasteiger partial charge in [-0.2, -0.15) is 0 Å². The van der Waals surface area contributed by atoms with Crippen molar-refractivity contribution in [1.82, 2.24) is 9.80 Å². The predicted molar refractivity (Wildman–Crippen MR) is 119 cm³/mol. The van der Waals surface area contributed by atoms with Gasteiger partial charge < -0.3 is 9.80 Å². The summed E-state index contributed by atoms with van der Waals surface area (Å²) in [6.45, 7) is 12.6. The molecule has 2 amide bonds.